The predicted molar refractivity (Wildman–Crippen MR) is 156 cm³/mol. The van der Waals surface area contributed by atoms with Crippen molar-refractivity contribution in [2.24, 2.45) is 23.7 Å². The second-order valence-electron chi connectivity index (χ2n) is 12.7. The molecule has 4 heterocycles. The molecule has 1 aromatic heterocycles. The highest BCUT2D eigenvalue weighted by atomic mass is 16.5. The van der Waals surface area contributed by atoms with Crippen molar-refractivity contribution in [2.75, 3.05) is 5.32 Å². The molecule has 0 unspecified atom stereocenters. The smallest absolute Gasteiger partial charge is 0.246 e. The van der Waals surface area contributed by atoms with E-state index in [1.807, 2.05) is 48.6 Å². The topological polar surface area (TPSA) is 101 Å². The van der Waals surface area contributed by atoms with E-state index in [2.05, 4.69) is 43.3 Å². The summed E-state index contributed by atoms with van der Waals surface area (Å²) in [5.74, 6) is -1.02. The van der Waals surface area contributed by atoms with Crippen LogP contribution in [-0.2, 0) is 25.7 Å². The van der Waals surface area contributed by atoms with Crippen molar-refractivity contribution in [1.29, 1.82) is 0 Å². The highest BCUT2D eigenvalue weighted by Crippen LogP contribution is 2.55. The van der Waals surface area contributed by atoms with Crippen LogP contribution in [0.4, 0.5) is 5.69 Å². The Labute approximate surface area is 241 Å². The van der Waals surface area contributed by atoms with Gasteiger partial charge in [0.15, 0.2) is 0 Å². The van der Waals surface area contributed by atoms with Gasteiger partial charge < -0.3 is 20.3 Å². The van der Waals surface area contributed by atoms with E-state index in [1.165, 1.54) is 5.56 Å². The largest absolute Gasteiger partial charge is 0.359 e. The number of nitrogens with zero attached hydrogens (tertiary/aromatic N) is 2. The molecule has 3 fully saturated rings. The number of fused-ring (bicyclic) bond motifs is 1. The van der Waals surface area contributed by atoms with E-state index < -0.39 is 29.6 Å². The number of likely N-dealkylation sites (tertiary alicyclic amines) is 1. The summed E-state index contributed by atoms with van der Waals surface area (Å²) in [6.45, 7) is 8.88. The Kier molecular flexibility index (Phi) is 7.22. The number of pyridine rings is 1. The van der Waals surface area contributed by atoms with Gasteiger partial charge in [-0.15, -0.1) is 0 Å². The maximum atomic E-state index is 14.2. The molecule has 0 radical (unpaired) electrons. The fraction of sp³-hybridized carbons (Fsp3) is 0.515. The molecule has 1 aliphatic carbocycles. The number of aromatic nitrogens is 1. The molecule has 216 valence electrons. The first-order valence-electron chi connectivity index (χ1n) is 15.0. The number of anilines is 1. The van der Waals surface area contributed by atoms with E-state index in [0.717, 1.165) is 24.8 Å². The lowest BCUT2D eigenvalue weighted by molar-refractivity contribution is -0.142. The van der Waals surface area contributed by atoms with Gasteiger partial charge in [0, 0.05) is 30.7 Å². The molecule has 8 heteroatoms. The van der Waals surface area contributed by atoms with Crippen LogP contribution in [0.2, 0.25) is 0 Å². The molecule has 1 saturated carbocycles. The number of hydrogen-bond acceptors (Lipinski definition) is 5. The molecule has 4 aliphatic rings. The fourth-order valence-corrected chi connectivity index (χ4v) is 7.35. The average molecular weight is 557 g/mol. The van der Waals surface area contributed by atoms with Crippen LogP contribution in [0.3, 0.4) is 0 Å². The van der Waals surface area contributed by atoms with E-state index >= 15 is 0 Å². The molecule has 2 bridgehead atoms. The molecule has 6 rings (SSSR count). The number of carbonyl (C=O) groups excluding carboxylic acids is 3. The van der Waals surface area contributed by atoms with Crippen molar-refractivity contribution >= 4 is 23.4 Å². The van der Waals surface area contributed by atoms with Gasteiger partial charge in [-0.05, 0) is 53.5 Å². The first kappa shape index (κ1) is 27.6. The van der Waals surface area contributed by atoms with E-state index in [4.69, 9.17) is 4.74 Å². The number of nitrogens with one attached hydrogen (secondary N) is 2. The molecule has 3 aliphatic heterocycles. The van der Waals surface area contributed by atoms with Crippen molar-refractivity contribution in [3.8, 4) is 0 Å². The number of ether oxygens (including phenoxy) is 1. The molecule has 2 aromatic rings. The van der Waals surface area contributed by atoms with E-state index in [-0.39, 0.29) is 30.3 Å². The van der Waals surface area contributed by atoms with Crippen LogP contribution >= 0.6 is 0 Å². The molecule has 1 aromatic carbocycles. The second-order valence-corrected chi connectivity index (χ2v) is 12.7. The summed E-state index contributed by atoms with van der Waals surface area (Å²) < 4.78 is 6.50. The SMILES string of the molecule is CC(C)c1ccc(NC(=O)[C@H]2[C@H]3C=C[C@@]4(O3)[C@H]2C(=O)N(Cc2cccnc2)[C@@H]4C(=O)N[C@@H]2CCC[C@H](C)[C@H]2C)cc1. The van der Waals surface area contributed by atoms with Gasteiger partial charge in [0.25, 0.3) is 0 Å². The average Bonchev–Trinajstić information content (AvgIpc) is 3.59. The number of rotatable bonds is 7. The van der Waals surface area contributed by atoms with Gasteiger partial charge in [-0.25, -0.2) is 0 Å². The molecule has 41 heavy (non-hydrogen) atoms. The van der Waals surface area contributed by atoms with E-state index in [0.29, 0.717) is 23.4 Å². The third-order valence-corrected chi connectivity index (χ3v) is 9.88. The Morgan fingerprint density at radius 2 is 1.90 bits per heavy atom. The fourth-order valence-electron chi connectivity index (χ4n) is 7.35. The molecular weight excluding hydrogens is 516 g/mol. The minimum Gasteiger partial charge on any atom is -0.359 e. The highest BCUT2D eigenvalue weighted by Gasteiger charge is 2.72. The normalized spacial score (nSPS) is 33.7. The standard InChI is InChI=1S/C33H40N4O4/c1-19(2)23-10-12-24(13-11-23)35-30(38)27-26-14-15-33(41-26)28(27)32(40)37(18-22-8-6-16-34-17-22)29(33)31(39)36-25-9-5-7-20(3)21(25)4/h6,8,10-17,19-21,25-29H,5,7,9,18H2,1-4H3,(H,35,38)(H,36,39)/t20-,21+,25+,26+,27-,28+,29+,33+/m0/s1. The van der Waals surface area contributed by atoms with Crippen LogP contribution in [0.5, 0.6) is 0 Å². The van der Waals surface area contributed by atoms with Gasteiger partial charge in [-0.1, -0.05) is 70.9 Å². The second kappa shape index (κ2) is 10.7. The molecular formula is C33H40N4O4. The Balaban J connectivity index is 1.30. The van der Waals surface area contributed by atoms with Gasteiger partial charge >= 0.3 is 0 Å². The summed E-state index contributed by atoms with van der Waals surface area (Å²) >= 11 is 0. The zero-order chi connectivity index (χ0) is 28.9. The molecule has 1 spiro atoms. The number of amides is 3. The summed E-state index contributed by atoms with van der Waals surface area (Å²) in [6, 6.07) is 10.7. The predicted octanol–water partition coefficient (Wildman–Crippen LogP) is 4.44. The number of benzene rings is 1. The summed E-state index contributed by atoms with van der Waals surface area (Å²) in [6.07, 6.45) is 9.67. The third kappa shape index (κ3) is 4.76. The summed E-state index contributed by atoms with van der Waals surface area (Å²) in [5.41, 5.74) is 1.48. The molecule has 2 N–H and O–H groups in total. The number of carbonyl (C=O) groups is 3. The van der Waals surface area contributed by atoms with Crippen molar-refractivity contribution in [3.05, 3.63) is 72.1 Å². The van der Waals surface area contributed by atoms with Crippen LogP contribution in [0, 0.1) is 23.7 Å². The number of hydrogen-bond donors (Lipinski definition) is 2. The van der Waals surface area contributed by atoms with Crippen molar-refractivity contribution in [1.82, 2.24) is 15.2 Å². The minimum atomic E-state index is -1.19. The summed E-state index contributed by atoms with van der Waals surface area (Å²) in [4.78, 5) is 47.9. The zero-order valence-electron chi connectivity index (χ0n) is 24.2. The van der Waals surface area contributed by atoms with Crippen LogP contribution < -0.4 is 10.6 Å². The first-order chi connectivity index (χ1) is 19.7. The minimum absolute atomic E-state index is 0.0348. The van der Waals surface area contributed by atoms with Crippen LogP contribution in [0.1, 0.15) is 64.0 Å². The Bertz CT molecular complexity index is 1340. The quantitative estimate of drug-likeness (QED) is 0.492. The van der Waals surface area contributed by atoms with Crippen LogP contribution in [-0.4, -0.2) is 51.4 Å². The maximum Gasteiger partial charge on any atom is 0.246 e. The monoisotopic (exact) mass is 556 g/mol. The Hall–Kier alpha value is -3.52. The lowest BCUT2D eigenvalue weighted by Crippen LogP contribution is -2.57. The van der Waals surface area contributed by atoms with Crippen LogP contribution in [0.25, 0.3) is 0 Å². The van der Waals surface area contributed by atoms with Crippen molar-refractivity contribution in [2.45, 2.75) is 83.2 Å². The third-order valence-electron chi connectivity index (χ3n) is 9.88. The molecule has 8 nitrogen and oxygen atoms in total. The molecule has 3 amide bonds. The lowest BCUT2D eigenvalue weighted by atomic mass is 9.73. The lowest BCUT2D eigenvalue weighted by Gasteiger charge is -2.38. The highest BCUT2D eigenvalue weighted by molar-refractivity contribution is 6.02. The summed E-state index contributed by atoms with van der Waals surface area (Å²) in [5, 5.41) is 6.32. The van der Waals surface area contributed by atoms with Gasteiger partial charge in [0.05, 0.1) is 17.9 Å². The van der Waals surface area contributed by atoms with Gasteiger partial charge in [-0.2, -0.15) is 0 Å². The zero-order valence-corrected chi connectivity index (χ0v) is 24.2. The molecule has 8 atom stereocenters. The summed E-state index contributed by atoms with van der Waals surface area (Å²) in [7, 11) is 0. The van der Waals surface area contributed by atoms with Gasteiger partial charge in [0.2, 0.25) is 17.7 Å². The van der Waals surface area contributed by atoms with E-state index in [1.54, 1.807) is 17.3 Å². The Morgan fingerprint density at radius 3 is 2.61 bits per heavy atom. The maximum absolute atomic E-state index is 14.2. The van der Waals surface area contributed by atoms with Crippen molar-refractivity contribution in [3.63, 3.8) is 0 Å². The van der Waals surface area contributed by atoms with Gasteiger partial charge in [0.1, 0.15) is 11.6 Å². The van der Waals surface area contributed by atoms with Crippen molar-refractivity contribution < 1.29 is 19.1 Å². The first-order valence-corrected chi connectivity index (χ1v) is 15.0. The molecule has 2 saturated heterocycles. The van der Waals surface area contributed by atoms with Gasteiger partial charge in [-0.3, -0.25) is 19.4 Å². The van der Waals surface area contributed by atoms with E-state index in [9.17, 15) is 14.4 Å². The van der Waals surface area contributed by atoms with Crippen LogP contribution in [0.15, 0.2) is 60.9 Å². The Morgan fingerprint density at radius 1 is 1.12 bits per heavy atom.